The zero-order valence-corrected chi connectivity index (χ0v) is 15.3. The van der Waals surface area contributed by atoms with E-state index in [1.165, 1.54) is 24.0 Å². The summed E-state index contributed by atoms with van der Waals surface area (Å²) in [5.74, 6) is 0.682. The number of rotatable bonds is 3. The summed E-state index contributed by atoms with van der Waals surface area (Å²) in [5.41, 5.74) is 10.9. The van der Waals surface area contributed by atoms with Crippen LogP contribution in [0.4, 0.5) is 5.69 Å². The maximum absolute atomic E-state index is 9.27. The monoisotopic (exact) mass is 423 g/mol. The summed E-state index contributed by atoms with van der Waals surface area (Å²) < 4.78 is 0. The molecule has 2 aromatic rings. The van der Waals surface area contributed by atoms with Gasteiger partial charge in [-0.25, -0.2) is 4.99 Å². The van der Waals surface area contributed by atoms with Gasteiger partial charge in [0.2, 0.25) is 0 Å². The predicted octanol–water partition coefficient (Wildman–Crippen LogP) is 3.82. The van der Waals surface area contributed by atoms with Gasteiger partial charge in [0.15, 0.2) is 5.96 Å². The molecule has 5 heteroatoms. The highest BCUT2D eigenvalue weighted by Crippen LogP contribution is 2.27. The molecule has 0 spiro atoms. The third-order valence-electron chi connectivity index (χ3n) is 4.03. The minimum atomic E-state index is 0. The Kier molecular flexibility index (Phi) is 6.27. The number of phenols is 1. The highest BCUT2D eigenvalue weighted by Gasteiger charge is 2.12. The van der Waals surface area contributed by atoms with Crippen LogP contribution in [0, 0.1) is 0 Å². The number of anilines is 1. The first-order valence-electron chi connectivity index (χ1n) is 7.68. The molecule has 0 saturated carbocycles. The number of aromatic hydroxyl groups is 1. The van der Waals surface area contributed by atoms with Gasteiger partial charge in [0.1, 0.15) is 5.75 Å². The number of nitrogens with zero attached hydrogens (tertiary/aromatic N) is 1. The van der Waals surface area contributed by atoms with Crippen molar-refractivity contribution >= 4 is 35.6 Å². The molecule has 0 atom stereocenters. The van der Waals surface area contributed by atoms with E-state index < -0.39 is 0 Å². The molecule has 2 aromatic carbocycles. The summed E-state index contributed by atoms with van der Waals surface area (Å²) in [5, 5.41) is 12.5. The van der Waals surface area contributed by atoms with Crippen LogP contribution in [0.1, 0.15) is 29.5 Å². The third kappa shape index (κ3) is 4.60. The van der Waals surface area contributed by atoms with Crippen molar-refractivity contribution in [3.05, 3.63) is 59.2 Å². The Balaban J connectivity index is 0.00000192. The smallest absolute Gasteiger partial charge is 0.193 e. The highest BCUT2D eigenvalue weighted by molar-refractivity contribution is 14.0. The number of benzene rings is 2. The first-order chi connectivity index (χ1) is 10.7. The van der Waals surface area contributed by atoms with E-state index in [0.29, 0.717) is 12.5 Å². The average molecular weight is 423 g/mol. The van der Waals surface area contributed by atoms with Crippen LogP contribution in [-0.4, -0.2) is 11.1 Å². The maximum Gasteiger partial charge on any atom is 0.193 e. The number of aliphatic imine (C=N–C) groups is 1. The van der Waals surface area contributed by atoms with E-state index >= 15 is 0 Å². The number of halogens is 1. The standard InChI is InChI=1S/C18H21N3O.HI/c19-18(20-12-13-8-10-15(22)11-9-13)21-17-7-3-5-14-4-1-2-6-16(14)17;/h3,5,7-11,22H,1-2,4,6,12H2,(H3,19,20,21);1H. The molecular weight excluding hydrogens is 401 g/mol. The Morgan fingerprint density at radius 3 is 2.61 bits per heavy atom. The molecule has 1 aliphatic carbocycles. The highest BCUT2D eigenvalue weighted by atomic mass is 127. The molecule has 0 fully saturated rings. The number of hydrogen-bond donors (Lipinski definition) is 3. The fraction of sp³-hybridized carbons (Fsp3) is 0.278. The molecule has 4 nitrogen and oxygen atoms in total. The van der Waals surface area contributed by atoms with E-state index in [2.05, 4.69) is 28.5 Å². The van der Waals surface area contributed by atoms with E-state index in [1.807, 2.05) is 12.1 Å². The zero-order valence-electron chi connectivity index (χ0n) is 13.0. The van der Waals surface area contributed by atoms with Crippen LogP contribution in [-0.2, 0) is 19.4 Å². The van der Waals surface area contributed by atoms with Gasteiger partial charge in [-0.15, -0.1) is 24.0 Å². The lowest BCUT2D eigenvalue weighted by Crippen LogP contribution is -2.24. The molecule has 0 heterocycles. The molecule has 3 rings (SSSR count). The van der Waals surface area contributed by atoms with Crippen molar-refractivity contribution in [2.24, 2.45) is 10.7 Å². The molecule has 0 aromatic heterocycles. The average Bonchev–Trinajstić information content (AvgIpc) is 2.55. The van der Waals surface area contributed by atoms with Crippen molar-refractivity contribution in [1.29, 1.82) is 0 Å². The molecule has 23 heavy (non-hydrogen) atoms. The number of nitrogens with two attached hydrogens (primary N) is 1. The number of hydrogen-bond acceptors (Lipinski definition) is 2. The summed E-state index contributed by atoms with van der Waals surface area (Å²) in [6, 6.07) is 13.3. The number of aryl methyl sites for hydroxylation is 1. The van der Waals surface area contributed by atoms with Gasteiger partial charge in [-0.2, -0.15) is 0 Å². The van der Waals surface area contributed by atoms with Crippen molar-refractivity contribution in [3.63, 3.8) is 0 Å². The van der Waals surface area contributed by atoms with Crippen molar-refractivity contribution in [3.8, 4) is 5.75 Å². The molecular formula is C18H22IN3O. The molecule has 0 radical (unpaired) electrons. The Hall–Kier alpha value is -1.76. The van der Waals surface area contributed by atoms with Gasteiger partial charge in [0, 0.05) is 5.69 Å². The topological polar surface area (TPSA) is 70.6 Å². The molecule has 4 N–H and O–H groups in total. The lowest BCUT2D eigenvalue weighted by atomic mass is 9.90. The Morgan fingerprint density at radius 2 is 1.83 bits per heavy atom. The van der Waals surface area contributed by atoms with E-state index in [1.54, 1.807) is 12.1 Å². The van der Waals surface area contributed by atoms with Crippen molar-refractivity contribution in [2.75, 3.05) is 5.32 Å². The lowest BCUT2D eigenvalue weighted by Gasteiger charge is -2.19. The Labute approximate surface area is 153 Å². The maximum atomic E-state index is 9.27. The van der Waals surface area contributed by atoms with Crippen LogP contribution in [0.2, 0.25) is 0 Å². The molecule has 0 aliphatic heterocycles. The van der Waals surface area contributed by atoms with E-state index in [4.69, 9.17) is 5.73 Å². The van der Waals surface area contributed by atoms with Gasteiger partial charge in [0.05, 0.1) is 6.54 Å². The number of phenolic OH excluding ortho intramolecular Hbond substituents is 1. The molecule has 1 aliphatic rings. The van der Waals surface area contributed by atoms with Crippen LogP contribution >= 0.6 is 24.0 Å². The minimum absolute atomic E-state index is 0. The summed E-state index contributed by atoms with van der Waals surface area (Å²) in [4.78, 5) is 4.37. The quantitative estimate of drug-likeness (QED) is 0.400. The Bertz CT molecular complexity index is 683. The van der Waals surface area contributed by atoms with Gasteiger partial charge < -0.3 is 16.2 Å². The first-order valence-corrected chi connectivity index (χ1v) is 7.68. The normalized spacial score (nSPS) is 13.8. The fourth-order valence-corrected chi connectivity index (χ4v) is 2.85. The first kappa shape index (κ1) is 17.6. The van der Waals surface area contributed by atoms with Crippen molar-refractivity contribution < 1.29 is 5.11 Å². The number of fused-ring (bicyclic) bond motifs is 1. The van der Waals surface area contributed by atoms with Crippen LogP contribution in [0.3, 0.4) is 0 Å². The second kappa shape index (κ2) is 8.19. The van der Waals surface area contributed by atoms with E-state index in [9.17, 15) is 5.11 Å². The molecule has 0 bridgehead atoms. The van der Waals surface area contributed by atoms with E-state index in [0.717, 1.165) is 24.1 Å². The predicted molar refractivity (Wildman–Crippen MR) is 106 cm³/mol. The van der Waals surface area contributed by atoms with Crippen LogP contribution < -0.4 is 11.1 Å². The second-order valence-electron chi connectivity index (χ2n) is 5.64. The van der Waals surface area contributed by atoms with Gasteiger partial charge in [0.25, 0.3) is 0 Å². The fourth-order valence-electron chi connectivity index (χ4n) is 2.85. The van der Waals surface area contributed by atoms with Gasteiger partial charge in [-0.05, 0) is 60.6 Å². The number of guanidine groups is 1. The van der Waals surface area contributed by atoms with Crippen LogP contribution in [0.25, 0.3) is 0 Å². The molecule has 122 valence electrons. The summed E-state index contributed by atoms with van der Waals surface area (Å²) in [7, 11) is 0. The summed E-state index contributed by atoms with van der Waals surface area (Å²) >= 11 is 0. The molecule has 0 amide bonds. The molecule has 0 saturated heterocycles. The third-order valence-corrected chi connectivity index (χ3v) is 4.03. The zero-order chi connectivity index (χ0) is 15.4. The summed E-state index contributed by atoms with van der Waals surface area (Å²) in [6.45, 7) is 0.494. The van der Waals surface area contributed by atoms with Gasteiger partial charge in [-0.3, -0.25) is 0 Å². The van der Waals surface area contributed by atoms with Crippen LogP contribution in [0.5, 0.6) is 5.75 Å². The van der Waals surface area contributed by atoms with Crippen LogP contribution in [0.15, 0.2) is 47.5 Å². The number of nitrogens with one attached hydrogen (secondary N) is 1. The largest absolute Gasteiger partial charge is 0.508 e. The SMILES string of the molecule is I.NC(=NCc1ccc(O)cc1)Nc1cccc2c1CCCC2. The van der Waals surface area contributed by atoms with E-state index in [-0.39, 0.29) is 29.7 Å². The lowest BCUT2D eigenvalue weighted by molar-refractivity contribution is 0.475. The summed E-state index contributed by atoms with van der Waals surface area (Å²) in [6.07, 6.45) is 4.75. The molecule has 0 unspecified atom stereocenters. The van der Waals surface area contributed by atoms with Crippen molar-refractivity contribution in [1.82, 2.24) is 0 Å². The Morgan fingerprint density at radius 1 is 1.09 bits per heavy atom. The van der Waals surface area contributed by atoms with Gasteiger partial charge >= 0.3 is 0 Å². The van der Waals surface area contributed by atoms with Gasteiger partial charge in [-0.1, -0.05) is 24.3 Å². The second-order valence-corrected chi connectivity index (χ2v) is 5.64. The van der Waals surface area contributed by atoms with Crippen molar-refractivity contribution in [2.45, 2.75) is 32.2 Å². The minimum Gasteiger partial charge on any atom is -0.508 e.